The summed E-state index contributed by atoms with van der Waals surface area (Å²) < 4.78 is 5.06. The SMILES string of the molecule is C[N+](C)(/C=C/C=C/[n+]1ccc(-c2cc[n+](CCCCCNCCCCO)cc2)cc1)CCCO. The number of unbranched alkanes of at least 4 members (excludes halogenated alkanes) is 3. The highest BCUT2D eigenvalue weighted by Crippen LogP contribution is 2.15. The molecule has 0 aliphatic heterocycles. The number of hydrogen-bond donors (Lipinski definition) is 3. The molecule has 0 radical (unpaired) electrons. The van der Waals surface area contributed by atoms with Crippen molar-refractivity contribution in [3.05, 3.63) is 67.4 Å². The molecule has 6 nitrogen and oxygen atoms in total. The standard InChI is InChI=1S/C28H45N4O2/c1-32(2,24-10-26-34)23-8-7-18-31-21-13-28(14-22-31)27-11-19-30(20-12-27)17-6-3-4-15-29-16-5-9-25-33/h7-8,11-14,18-23,29,33-34H,3-6,9-10,15-17,24-26H2,1-2H3/q+3/b18-7+,23-8+. The number of rotatable bonds is 17. The summed E-state index contributed by atoms with van der Waals surface area (Å²) in [4.78, 5) is 0. The van der Waals surface area contributed by atoms with E-state index in [1.807, 2.05) is 16.8 Å². The number of hydrogen-bond acceptors (Lipinski definition) is 3. The Morgan fingerprint density at radius 2 is 1.38 bits per heavy atom. The Kier molecular flexibility index (Phi) is 13.3. The molecule has 6 heteroatoms. The molecule has 0 aliphatic carbocycles. The van der Waals surface area contributed by atoms with E-state index in [2.05, 4.69) is 85.3 Å². The van der Waals surface area contributed by atoms with Crippen molar-refractivity contribution >= 4 is 6.20 Å². The third-order valence-electron chi connectivity index (χ3n) is 5.86. The topological polar surface area (TPSA) is 60.2 Å². The van der Waals surface area contributed by atoms with Crippen molar-refractivity contribution in [2.75, 3.05) is 46.9 Å². The van der Waals surface area contributed by atoms with Crippen LogP contribution in [0.15, 0.2) is 67.4 Å². The number of aromatic nitrogens is 2. The zero-order valence-corrected chi connectivity index (χ0v) is 21.1. The molecule has 0 saturated heterocycles. The highest BCUT2D eigenvalue weighted by atomic mass is 16.3. The van der Waals surface area contributed by atoms with Gasteiger partial charge >= 0.3 is 0 Å². The van der Waals surface area contributed by atoms with E-state index in [0.717, 1.165) is 49.9 Å². The highest BCUT2D eigenvalue weighted by molar-refractivity contribution is 5.61. The molecule has 2 aromatic rings. The van der Waals surface area contributed by atoms with E-state index in [1.165, 1.54) is 30.4 Å². The Bertz CT molecular complexity index is 846. The van der Waals surface area contributed by atoms with Gasteiger partial charge in [0.2, 0.25) is 0 Å². The van der Waals surface area contributed by atoms with E-state index in [1.54, 1.807) is 0 Å². The lowest BCUT2D eigenvalue weighted by atomic mass is 10.1. The Hall–Kier alpha value is -2.38. The van der Waals surface area contributed by atoms with Crippen LogP contribution in [0.4, 0.5) is 0 Å². The lowest BCUT2D eigenvalue weighted by Crippen LogP contribution is -2.34. The number of quaternary nitrogens is 1. The minimum Gasteiger partial charge on any atom is -0.396 e. The molecule has 0 aliphatic rings. The van der Waals surface area contributed by atoms with Gasteiger partial charge in [-0.2, -0.15) is 4.57 Å². The maximum atomic E-state index is 8.99. The number of aryl methyl sites for hydroxylation is 1. The fourth-order valence-corrected chi connectivity index (χ4v) is 3.72. The largest absolute Gasteiger partial charge is 0.396 e. The van der Waals surface area contributed by atoms with Crippen molar-refractivity contribution < 1.29 is 23.8 Å². The minimum atomic E-state index is 0.237. The molecule has 0 amide bonds. The molecular formula is C28H45N4O2+3. The van der Waals surface area contributed by atoms with Crippen LogP contribution < -0.4 is 14.5 Å². The van der Waals surface area contributed by atoms with Crippen molar-refractivity contribution in [1.29, 1.82) is 0 Å². The Morgan fingerprint density at radius 3 is 2.03 bits per heavy atom. The van der Waals surface area contributed by atoms with Crippen LogP contribution in [0.2, 0.25) is 0 Å². The van der Waals surface area contributed by atoms with Crippen LogP contribution in [-0.4, -0.2) is 61.6 Å². The molecule has 186 valence electrons. The molecule has 0 spiro atoms. The molecule has 0 unspecified atom stereocenters. The summed E-state index contributed by atoms with van der Waals surface area (Å²) in [7, 11) is 4.26. The lowest BCUT2D eigenvalue weighted by molar-refractivity contribution is -0.839. The molecule has 2 aromatic heterocycles. The number of aliphatic hydroxyl groups is 2. The second kappa shape index (κ2) is 16.3. The third kappa shape index (κ3) is 11.7. The fraction of sp³-hybridized carbons (Fsp3) is 0.500. The molecule has 2 heterocycles. The van der Waals surface area contributed by atoms with Gasteiger partial charge in [0.15, 0.2) is 31.0 Å². The minimum absolute atomic E-state index is 0.237. The van der Waals surface area contributed by atoms with Crippen molar-refractivity contribution in [2.45, 2.75) is 45.1 Å². The van der Waals surface area contributed by atoms with Crippen molar-refractivity contribution in [3.63, 3.8) is 0 Å². The molecular weight excluding hydrogens is 424 g/mol. The molecule has 0 saturated carbocycles. The second-order valence-corrected chi connectivity index (χ2v) is 9.36. The van der Waals surface area contributed by atoms with E-state index in [-0.39, 0.29) is 6.61 Å². The van der Waals surface area contributed by atoms with Gasteiger partial charge in [-0.05, 0) is 56.0 Å². The van der Waals surface area contributed by atoms with Crippen molar-refractivity contribution in [1.82, 2.24) is 5.32 Å². The summed E-state index contributed by atoms with van der Waals surface area (Å²) in [5, 5.41) is 21.2. The van der Waals surface area contributed by atoms with Crippen molar-refractivity contribution in [2.24, 2.45) is 0 Å². The summed E-state index contributed by atoms with van der Waals surface area (Å²) in [6, 6.07) is 8.66. The van der Waals surface area contributed by atoms with E-state index in [0.29, 0.717) is 6.61 Å². The smallest absolute Gasteiger partial charge is 0.175 e. The van der Waals surface area contributed by atoms with E-state index in [4.69, 9.17) is 10.2 Å². The van der Waals surface area contributed by atoms with Gasteiger partial charge in [0.05, 0.1) is 26.8 Å². The van der Waals surface area contributed by atoms with E-state index < -0.39 is 0 Å². The monoisotopic (exact) mass is 469 g/mol. The van der Waals surface area contributed by atoms with Crippen LogP contribution >= 0.6 is 0 Å². The summed E-state index contributed by atoms with van der Waals surface area (Å²) >= 11 is 0. The van der Waals surface area contributed by atoms with E-state index >= 15 is 0 Å². The number of nitrogens with zero attached hydrogens (tertiary/aromatic N) is 3. The summed E-state index contributed by atoms with van der Waals surface area (Å²) in [5.74, 6) is 0. The predicted molar refractivity (Wildman–Crippen MR) is 138 cm³/mol. The number of aliphatic hydroxyl groups excluding tert-OH is 2. The zero-order chi connectivity index (χ0) is 24.5. The lowest BCUT2D eigenvalue weighted by Gasteiger charge is -2.24. The van der Waals surface area contributed by atoms with Gasteiger partial charge in [-0.15, -0.1) is 0 Å². The predicted octanol–water partition coefficient (Wildman–Crippen LogP) is 2.90. The van der Waals surface area contributed by atoms with Gasteiger partial charge in [-0.25, -0.2) is 4.57 Å². The maximum Gasteiger partial charge on any atom is 0.175 e. The first-order valence-corrected chi connectivity index (χ1v) is 12.7. The molecule has 0 fully saturated rings. The zero-order valence-electron chi connectivity index (χ0n) is 21.1. The van der Waals surface area contributed by atoms with Gasteiger partial charge in [0, 0.05) is 56.4 Å². The summed E-state index contributed by atoms with van der Waals surface area (Å²) in [5.41, 5.74) is 2.43. The fourth-order valence-electron chi connectivity index (χ4n) is 3.72. The molecule has 0 atom stereocenters. The Morgan fingerprint density at radius 1 is 0.765 bits per heavy atom. The summed E-state index contributed by atoms with van der Waals surface area (Å²) in [6.45, 7) is 4.57. The van der Waals surface area contributed by atoms with Crippen LogP contribution in [0, 0.1) is 0 Å². The Labute approximate surface area is 206 Å². The van der Waals surface area contributed by atoms with Crippen LogP contribution in [0.25, 0.3) is 17.3 Å². The quantitative estimate of drug-likeness (QED) is 0.145. The third-order valence-corrected chi connectivity index (χ3v) is 5.86. The first-order chi connectivity index (χ1) is 16.5. The van der Waals surface area contributed by atoms with Crippen LogP contribution in [0.3, 0.4) is 0 Å². The number of nitrogens with one attached hydrogen (secondary N) is 1. The van der Waals surface area contributed by atoms with Crippen LogP contribution in [-0.2, 0) is 6.54 Å². The van der Waals surface area contributed by atoms with E-state index in [9.17, 15) is 0 Å². The number of pyridine rings is 2. The van der Waals surface area contributed by atoms with Crippen LogP contribution in [0.1, 0.15) is 38.5 Å². The van der Waals surface area contributed by atoms with Gasteiger partial charge in [0.1, 0.15) is 6.54 Å². The van der Waals surface area contributed by atoms with Gasteiger partial charge < -0.3 is 20.0 Å². The maximum absolute atomic E-state index is 8.99. The first-order valence-electron chi connectivity index (χ1n) is 12.7. The number of allylic oxidation sites excluding steroid dienone is 2. The van der Waals surface area contributed by atoms with Gasteiger partial charge in [0.25, 0.3) is 0 Å². The Balaban J connectivity index is 1.73. The molecule has 2 rings (SSSR count). The molecule has 3 N–H and O–H groups in total. The molecule has 0 bridgehead atoms. The average Bonchev–Trinajstić information content (AvgIpc) is 2.85. The average molecular weight is 470 g/mol. The van der Waals surface area contributed by atoms with Crippen molar-refractivity contribution in [3.8, 4) is 11.1 Å². The molecule has 34 heavy (non-hydrogen) atoms. The summed E-state index contributed by atoms with van der Waals surface area (Å²) in [6.07, 6.45) is 23.1. The van der Waals surface area contributed by atoms with Crippen LogP contribution in [0.5, 0.6) is 0 Å². The first kappa shape index (κ1) is 27.9. The second-order valence-electron chi connectivity index (χ2n) is 9.36. The van der Waals surface area contributed by atoms with Gasteiger partial charge in [-0.3, -0.25) is 0 Å². The normalized spacial score (nSPS) is 12.2. The van der Waals surface area contributed by atoms with Gasteiger partial charge in [-0.1, -0.05) is 0 Å². The molecule has 0 aromatic carbocycles. The highest BCUT2D eigenvalue weighted by Gasteiger charge is 2.09.